The third kappa shape index (κ3) is 3.25. The summed E-state index contributed by atoms with van der Waals surface area (Å²) in [6.45, 7) is 8.41. The van der Waals surface area contributed by atoms with E-state index in [2.05, 4.69) is 15.9 Å². The average molecular weight is 405 g/mol. The summed E-state index contributed by atoms with van der Waals surface area (Å²) < 4.78 is 46.4. The maximum atomic E-state index is 14.0. The van der Waals surface area contributed by atoms with Crippen LogP contribution >= 0.6 is 15.9 Å². The predicted octanol–water partition coefficient (Wildman–Crippen LogP) is 5.46. The van der Waals surface area contributed by atoms with Crippen molar-refractivity contribution in [1.82, 2.24) is 0 Å². The van der Waals surface area contributed by atoms with Gasteiger partial charge in [0.1, 0.15) is 12.4 Å². The van der Waals surface area contributed by atoms with Gasteiger partial charge in [-0.15, -0.1) is 0 Å². The van der Waals surface area contributed by atoms with Gasteiger partial charge in [0.05, 0.1) is 10.4 Å². The van der Waals surface area contributed by atoms with E-state index in [0.717, 1.165) is 12.5 Å². The molecule has 0 aliphatic heterocycles. The lowest BCUT2D eigenvalue weighted by Gasteiger charge is -2.12. The Morgan fingerprint density at radius 3 is 2.33 bits per heavy atom. The second kappa shape index (κ2) is 6.54. The predicted molar refractivity (Wildman–Crippen MR) is 88.7 cm³/mol. The number of halogens is 4. The van der Waals surface area contributed by atoms with Gasteiger partial charge in [-0.25, -0.2) is 13.2 Å². The van der Waals surface area contributed by atoms with Crippen LogP contribution < -0.4 is 0 Å². The summed E-state index contributed by atoms with van der Waals surface area (Å²) in [5.74, 6) is -4.14. The van der Waals surface area contributed by atoms with E-state index in [0.29, 0.717) is 0 Å². The van der Waals surface area contributed by atoms with Gasteiger partial charge in [-0.2, -0.15) is 0 Å². The lowest BCUT2D eigenvalue weighted by molar-refractivity contribution is -0.147. The molecule has 0 saturated heterocycles. The second-order valence-corrected chi connectivity index (χ2v) is 7.83. The van der Waals surface area contributed by atoms with Crippen LogP contribution in [0.1, 0.15) is 38.8 Å². The van der Waals surface area contributed by atoms with E-state index in [4.69, 9.17) is 4.74 Å². The molecule has 2 rings (SSSR count). The quantitative estimate of drug-likeness (QED) is 0.378. The number of hydrogen-bond acceptors (Lipinski definition) is 2. The lowest BCUT2D eigenvalue weighted by atomic mass is 10.1. The van der Waals surface area contributed by atoms with E-state index in [-0.39, 0.29) is 27.3 Å². The molecule has 0 bridgehead atoms. The first-order valence-electron chi connectivity index (χ1n) is 7.63. The van der Waals surface area contributed by atoms with Crippen molar-refractivity contribution < 1.29 is 22.7 Å². The van der Waals surface area contributed by atoms with Gasteiger partial charge in [0, 0.05) is 11.1 Å². The summed E-state index contributed by atoms with van der Waals surface area (Å²) in [4.78, 5) is 12.3. The fourth-order valence-corrected chi connectivity index (χ4v) is 3.53. The molecule has 1 aromatic carbocycles. The van der Waals surface area contributed by atoms with Gasteiger partial charge < -0.3 is 4.74 Å². The van der Waals surface area contributed by atoms with E-state index in [1.807, 2.05) is 33.8 Å². The van der Waals surface area contributed by atoms with Crippen molar-refractivity contribution in [3.63, 3.8) is 0 Å². The van der Waals surface area contributed by atoms with Crippen LogP contribution in [0.4, 0.5) is 13.2 Å². The summed E-state index contributed by atoms with van der Waals surface area (Å²) in [7, 11) is 0. The molecule has 0 amide bonds. The van der Waals surface area contributed by atoms with Crippen LogP contribution in [0, 0.1) is 41.6 Å². The number of carbonyl (C=O) groups is 1. The third-order valence-corrected chi connectivity index (χ3v) is 5.44. The molecule has 1 fully saturated rings. The lowest BCUT2D eigenvalue weighted by Crippen LogP contribution is -2.13. The van der Waals surface area contributed by atoms with Crippen LogP contribution in [0.5, 0.6) is 0 Å². The molecule has 1 aromatic rings. The number of ether oxygens (including phenoxy) is 1. The van der Waals surface area contributed by atoms with E-state index >= 15 is 0 Å². The Morgan fingerprint density at radius 2 is 1.79 bits per heavy atom. The number of benzene rings is 1. The summed E-state index contributed by atoms with van der Waals surface area (Å²) in [6, 6.07) is 0. The van der Waals surface area contributed by atoms with Crippen molar-refractivity contribution in [3.8, 4) is 0 Å². The Hall–Kier alpha value is -1.30. The molecule has 6 heteroatoms. The molecule has 0 radical (unpaired) electrons. The first kappa shape index (κ1) is 19.0. The Balaban J connectivity index is 2.16. The highest BCUT2D eigenvalue weighted by atomic mass is 79.9. The van der Waals surface area contributed by atoms with Gasteiger partial charge in [-0.05, 0) is 48.0 Å². The number of esters is 1. The van der Waals surface area contributed by atoms with E-state index in [1.54, 1.807) is 0 Å². The Labute approximate surface area is 148 Å². The highest BCUT2D eigenvalue weighted by Crippen LogP contribution is 2.59. The monoisotopic (exact) mass is 404 g/mol. The van der Waals surface area contributed by atoms with Crippen LogP contribution in [0.2, 0.25) is 0 Å². The first-order chi connectivity index (χ1) is 11.0. The molecule has 1 saturated carbocycles. The SMILES string of the molecule is CC(C)=CC1[C@@H](C(=O)OCc2c(F)c(F)c(C)c(F)c2Br)C1(C)C. The molecule has 0 aromatic heterocycles. The Bertz CT molecular complexity index is 692. The largest absolute Gasteiger partial charge is 0.460 e. The number of hydrogen-bond donors (Lipinski definition) is 0. The average Bonchev–Trinajstić information content (AvgIpc) is 3.02. The maximum absolute atomic E-state index is 14.0. The highest BCUT2D eigenvalue weighted by molar-refractivity contribution is 9.10. The van der Waals surface area contributed by atoms with Gasteiger partial charge in [-0.1, -0.05) is 25.5 Å². The van der Waals surface area contributed by atoms with Crippen LogP contribution in [-0.2, 0) is 16.1 Å². The smallest absolute Gasteiger partial charge is 0.310 e. The van der Waals surface area contributed by atoms with Gasteiger partial charge >= 0.3 is 5.97 Å². The second-order valence-electron chi connectivity index (χ2n) is 7.04. The summed E-state index contributed by atoms with van der Waals surface area (Å²) in [5, 5.41) is 0. The zero-order chi connectivity index (χ0) is 18.4. The molecule has 1 unspecified atom stereocenters. The number of allylic oxidation sites excluding steroid dienone is 2. The number of carbonyl (C=O) groups excluding carboxylic acids is 1. The summed E-state index contributed by atoms with van der Waals surface area (Å²) >= 11 is 2.90. The van der Waals surface area contributed by atoms with Gasteiger partial charge in [0.15, 0.2) is 11.6 Å². The topological polar surface area (TPSA) is 26.3 Å². The van der Waals surface area contributed by atoms with Gasteiger partial charge in [-0.3, -0.25) is 4.79 Å². The molecule has 2 atom stereocenters. The first-order valence-corrected chi connectivity index (χ1v) is 8.42. The van der Waals surface area contributed by atoms with Gasteiger partial charge in [0.25, 0.3) is 0 Å². The van der Waals surface area contributed by atoms with Crippen molar-refractivity contribution in [2.45, 2.75) is 41.2 Å². The fraction of sp³-hybridized carbons (Fsp3) is 0.500. The minimum absolute atomic E-state index is 0.0507. The minimum Gasteiger partial charge on any atom is -0.460 e. The zero-order valence-electron chi connectivity index (χ0n) is 14.3. The molecule has 1 aliphatic carbocycles. The highest BCUT2D eigenvalue weighted by Gasteiger charge is 2.61. The third-order valence-electron chi connectivity index (χ3n) is 4.61. The van der Waals surface area contributed by atoms with Crippen molar-refractivity contribution in [3.05, 3.63) is 44.7 Å². The van der Waals surface area contributed by atoms with Crippen molar-refractivity contribution in [2.75, 3.05) is 0 Å². The van der Waals surface area contributed by atoms with Crippen molar-refractivity contribution in [1.29, 1.82) is 0 Å². The standard InChI is InChI=1S/C18H20BrF3O2/c1-8(2)6-11-12(18(11,4)5)17(23)24-7-10-13(19)14(20)9(3)15(21)16(10)22/h6,11-12H,7H2,1-5H3/t11?,12-/m0/s1. The maximum Gasteiger partial charge on any atom is 0.310 e. The van der Waals surface area contributed by atoms with E-state index in [9.17, 15) is 18.0 Å². The summed E-state index contributed by atoms with van der Waals surface area (Å²) in [5.41, 5.74) is 0.107. The number of rotatable bonds is 4. The molecule has 1 aliphatic rings. The molecular weight excluding hydrogens is 385 g/mol. The molecule has 0 spiro atoms. The van der Waals surface area contributed by atoms with Crippen LogP contribution in [0.15, 0.2) is 16.1 Å². The zero-order valence-corrected chi connectivity index (χ0v) is 15.9. The van der Waals surface area contributed by atoms with Crippen LogP contribution in [0.25, 0.3) is 0 Å². The molecular formula is C18H20BrF3O2. The molecule has 0 heterocycles. The van der Waals surface area contributed by atoms with E-state index in [1.165, 1.54) is 0 Å². The van der Waals surface area contributed by atoms with Crippen LogP contribution in [-0.4, -0.2) is 5.97 Å². The minimum atomic E-state index is -1.27. The molecule has 132 valence electrons. The van der Waals surface area contributed by atoms with Crippen molar-refractivity contribution in [2.24, 2.45) is 17.3 Å². The normalized spacial score (nSPS) is 21.4. The van der Waals surface area contributed by atoms with Gasteiger partial charge in [0.2, 0.25) is 0 Å². The molecule has 0 N–H and O–H groups in total. The summed E-state index contributed by atoms with van der Waals surface area (Å²) in [6.07, 6.45) is 2.01. The van der Waals surface area contributed by atoms with E-state index < -0.39 is 35.6 Å². The fourth-order valence-electron chi connectivity index (χ4n) is 2.94. The Morgan fingerprint density at radius 1 is 1.21 bits per heavy atom. The molecule has 24 heavy (non-hydrogen) atoms. The van der Waals surface area contributed by atoms with Crippen molar-refractivity contribution >= 4 is 21.9 Å². The Kier molecular flexibility index (Phi) is 5.19. The van der Waals surface area contributed by atoms with Crippen LogP contribution in [0.3, 0.4) is 0 Å². The molecule has 2 nitrogen and oxygen atoms in total.